The Morgan fingerprint density at radius 3 is 1.83 bits per heavy atom. The van der Waals surface area contributed by atoms with Gasteiger partial charge < -0.3 is 20.1 Å². The molecule has 9 nitrogen and oxygen atoms in total. The second-order valence-corrected chi connectivity index (χ2v) is 15.5. The number of nitrogens with zero attached hydrogens (tertiary/aromatic N) is 1. The Morgan fingerprint density at radius 1 is 0.755 bits per heavy atom. The number of alkyl halides is 5. The average molecular weight is 815 g/mol. The van der Waals surface area contributed by atoms with E-state index in [2.05, 4.69) is 10.6 Å². The van der Waals surface area contributed by atoms with E-state index in [1.54, 1.807) is 0 Å². The van der Waals surface area contributed by atoms with E-state index in [1.807, 2.05) is 0 Å². The topological polar surface area (TPSA) is 114 Å². The van der Waals surface area contributed by atoms with Crippen LogP contribution < -0.4 is 15.5 Å². The number of nitrogens with one attached hydrogen (secondary N) is 2. The summed E-state index contributed by atoms with van der Waals surface area (Å²) in [5.74, 6) is -11.0. The molecule has 1 aliphatic carbocycles. The van der Waals surface area contributed by atoms with E-state index < -0.39 is 114 Å². The van der Waals surface area contributed by atoms with E-state index in [-0.39, 0.29) is 10.5 Å². The van der Waals surface area contributed by atoms with Crippen LogP contribution in [-0.2, 0) is 20.4 Å². The van der Waals surface area contributed by atoms with Crippen molar-refractivity contribution in [2.45, 2.75) is 69.2 Å². The van der Waals surface area contributed by atoms with Gasteiger partial charge in [-0.25, -0.2) is 27.2 Å². The lowest BCUT2D eigenvalue weighted by Gasteiger charge is -2.29. The number of anilines is 3. The van der Waals surface area contributed by atoms with Crippen molar-refractivity contribution in [3.63, 3.8) is 0 Å². The van der Waals surface area contributed by atoms with Crippen molar-refractivity contribution >= 4 is 75.9 Å². The molecule has 3 aromatic carbocycles. The molecule has 0 aliphatic heterocycles. The number of halogens is 10. The molecule has 0 spiro atoms. The molecule has 0 aromatic heterocycles. The van der Waals surface area contributed by atoms with Gasteiger partial charge in [-0.1, -0.05) is 17.7 Å². The van der Waals surface area contributed by atoms with Gasteiger partial charge in [0.2, 0.25) is 5.91 Å². The molecule has 3 aromatic rings. The number of carbonyl (C=O) groups excluding carboxylic acids is 4. The fourth-order valence-electron chi connectivity index (χ4n) is 4.95. The number of rotatable bonds is 6. The van der Waals surface area contributed by atoms with Crippen LogP contribution in [0, 0.1) is 29.2 Å². The lowest BCUT2D eigenvalue weighted by molar-refractivity contribution is -0.140. The highest BCUT2D eigenvalue weighted by Gasteiger charge is 2.68. The summed E-state index contributed by atoms with van der Waals surface area (Å²) >= 11 is 18.5. The monoisotopic (exact) mass is 813 g/mol. The molecular weight excluding hydrogens is 786 g/mol. The molecule has 0 saturated heterocycles. The van der Waals surface area contributed by atoms with Crippen LogP contribution in [0.2, 0.25) is 5.02 Å². The zero-order valence-corrected chi connectivity index (χ0v) is 30.6. The average Bonchev–Trinajstić information content (AvgIpc) is 3.57. The largest absolute Gasteiger partial charge is 0.443 e. The second-order valence-electron chi connectivity index (χ2n) is 13.7. The summed E-state index contributed by atoms with van der Waals surface area (Å²) in [6.45, 7) is 8.55. The minimum atomic E-state index is -5.08. The van der Waals surface area contributed by atoms with Crippen LogP contribution in [0.5, 0.6) is 0 Å². The highest BCUT2D eigenvalue weighted by atomic mass is 35.5. The van der Waals surface area contributed by atoms with Gasteiger partial charge in [0.25, 0.3) is 5.91 Å². The van der Waals surface area contributed by atoms with Gasteiger partial charge in [-0.2, -0.15) is 18.1 Å². The fourth-order valence-corrected chi connectivity index (χ4v) is 6.02. The highest BCUT2D eigenvalue weighted by molar-refractivity contribution is 6.53. The summed E-state index contributed by atoms with van der Waals surface area (Å²) in [5, 5.41) is 3.63. The highest BCUT2D eigenvalue weighted by Crippen LogP contribution is 2.65. The van der Waals surface area contributed by atoms with Crippen molar-refractivity contribution in [3.05, 3.63) is 87.4 Å². The number of carbonyl (C=O) groups is 4. The van der Waals surface area contributed by atoms with Gasteiger partial charge in [0, 0.05) is 5.92 Å². The first-order chi connectivity index (χ1) is 24.1. The molecule has 1 fully saturated rings. The summed E-state index contributed by atoms with van der Waals surface area (Å²) in [6.07, 6.45) is -8.12. The zero-order valence-electron chi connectivity index (χ0n) is 28.4. The lowest BCUT2D eigenvalue weighted by atomic mass is 10.0. The number of ether oxygens (including phenoxy) is 2. The van der Waals surface area contributed by atoms with Crippen LogP contribution in [0.15, 0.2) is 42.5 Å². The van der Waals surface area contributed by atoms with Crippen LogP contribution >= 0.6 is 34.8 Å². The van der Waals surface area contributed by atoms with Gasteiger partial charge in [0.05, 0.1) is 33.4 Å². The summed E-state index contributed by atoms with van der Waals surface area (Å²) in [6, 6.07) is 4.59. The van der Waals surface area contributed by atoms with E-state index in [0.717, 1.165) is 18.2 Å². The van der Waals surface area contributed by atoms with E-state index in [9.17, 15) is 41.1 Å². The minimum absolute atomic E-state index is 0.0376. The molecule has 1 aliphatic rings. The van der Waals surface area contributed by atoms with Crippen molar-refractivity contribution in [3.8, 4) is 0 Å². The Hall–Kier alpha value is -4.28. The number of hydrogen-bond acceptors (Lipinski definition) is 6. The fraction of sp³-hybridized carbons (Fsp3) is 0.353. The molecule has 0 bridgehead atoms. The van der Waals surface area contributed by atoms with Gasteiger partial charge in [0.1, 0.15) is 32.9 Å². The van der Waals surface area contributed by atoms with E-state index in [0.29, 0.717) is 24.3 Å². The first-order valence-corrected chi connectivity index (χ1v) is 16.4. The Bertz CT molecular complexity index is 1970. The molecule has 0 heterocycles. The number of hydrogen-bond donors (Lipinski definition) is 2. The maximum atomic E-state index is 15.9. The van der Waals surface area contributed by atoms with Crippen LogP contribution in [0.3, 0.4) is 0 Å². The van der Waals surface area contributed by atoms with E-state index in [4.69, 9.17) is 44.3 Å². The first kappa shape index (κ1) is 41.5. The van der Waals surface area contributed by atoms with Gasteiger partial charge in [0.15, 0.2) is 11.6 Å². The third-order valence-electron chi connectivity index (χ3n) is 7.24. The summed E-state index contributed by atoms with van der Waals surface area (Å²) in [7, 11) is 0. The maximum Gasteiger partial charge on any atom is 0.424 e. The summed E-state index contributed by atoms with van der Waals surface area (Å²) in [4.78, 5) is 52.5. The SMILES string of the molecule is CC(C)(C)OC(=O)N(C(=O)OC(C)(C)C)c1c(F)ccc(NC(=O)c2cc(NC(=O)[C@H]3[C@H](c4ccc(F)c(C(F)(F)F)c4)C3(Cl)Cl)c(F)cc2Cl)c1F. The Balaban J connectivity index is 1.63. The number of imide groups is 1. The van der Waals surface area contributed by atoms with Crippen molar-refractivity contribution < 1.29 is 59.4 Å². The lowest BCUT2D eigenvalue weighted by Crippen LogP contribution is -2.44. The van der Waals surface area contributed by atoms with E-state index >= 15 is 8.78 Å². The summed E-state index contributed by atoms with van der Waals surface area (Å²) < 4.78 is 108. The Kier molecular flexibility index (Phi) is 11.4. The van der Waals surface area contributed by atoms with Crippen LogP contribution in [0.1, 0.15) is 68.9 Å². The molecule has 2 N–H and O–H groups in total. The normalized spacial score (nSPS) is 16.8. The molecule has 4 amide bonds. The molecule has 2 atom stereocenters. The van der Waals surface area contributed by atoms with E-state index in [1.165, 1.54) is 41.5 Å². The number of amides is 4. The van der Waals surface area contributed by atoms with Gasteiger partial charge >= 0.3 is 18.4 Å². The van der Waals surface area contributed by atoms with Crippen molar-refractivity contribution in [1.29, 1.82) is 0 Å². The minimum Gasteiger partial charge on any atom is -0.443 e. The maximum absolute atomic E-state index is 15.9. The smallest absolute Gasteiger partial charge is 0.424 e. The molecule has 53 heavy (non-hydrogen) atoms. The second kappa shape index (κ2) is 14.5. The predicted molar refractivity (Wildman–Crippen MR) is 181 cm³/mol. The summed E-state index contributed by atoms with van der Waals surface area (Å²) in [5.41, 5.74) is -7.72. The quantitative estimate of drug-likeness (QED) is 0.189. The van der Waals surface area contributed by atoms with Crippen LogP contribution in [-0.4, -0.2) is 39.5 Å². The first-order valence-electron chi connectivity index (χ1n) is 15.2. The van der Waals surface area contributed by atoms with Gasteiger partial charge in [-0.05, 0) is 83.5 Å². The van der Waals surface area contributed by atoms with Crippen molar-refractivity contribution in [1.82, 2.24) is 0 Å². The Morgan fingerprint density at radius 2 is 1.30 bits per heavy atom. The predicted octanol–water partition coefficient (Wildman–Crippen LogP) is 10.4. The third-order valence-corrected chi connectivity index (χ3v) is 8.49. The zero-order chi connectivity index (χ0) is 40.2. The van der Waals surface area contributed by atoms with Gasteiger partial charge in [-0.3, -0.25) is 9.59 Å². The van der Waals surface area contributed by atoms with Gasteiger partial charge in [-0.15, -0.1) is 23.2 Å². The Labute approximate surface area is 312 Å². The molecular formula is C34H29Cl3F7N3O6. The molecule has 4 rings (SSSR count). The standard InChI is InChI=1S/C34H29Cl3F7N3O6/c1-31(2,3)52-29(50)47(30(51)53-32(4,5)6)26-19(39)9-10-21(25(26)41)45-27(48)15-12-22(20(40)13-17(15)35)46-28(49)24-23(33(24,36)37)14-7-8-18(38)16(11-14)34(42,43)44/h7-13,23-24H,1-6H3,(H,45,48)(H,46,49)/t23-,24+/m0/s1. The molecule has 286 valence electrons. The third kappa shape index (κ3) is 9.27. The number of benzene rings is 3. The molecule has 0 unspecified atom stereocenters. The van der Waals surface area contributed by atoms with Crippen LogP contribution in [0.4, 0.5) is 57.4 Å². The molecule has 0 radical (unpaired) electrons. The van der Waals surface area contributed by atoms with Crippen molar-refractivity contribution in [2.75, 3.05) is 15.5 Å². The molecule has 1 saturated carbocycles. The van der Waals surface area contributed by atoms with Crippen molar-refractivity contribution in [2.24, 2.45) is 5.92 Å². The van der Waals surface area contributed by atoms with Crippen LogP contribution in [0.25, 0.3) is 0 Å². The molecule has 19 heteroatoms.